The molecule has 0 spiro atoms. The van der Waals surface area contributed by atoms with Crippen molar-refractivity contribution in [3.05, 3.63) is 72.3 Å². The maximum Gasteiger partial charge on any atom is 0.118 e. The first-order valence-electron chi connectivity index (χ1n) is 5.73. The van der Waals surface area contributed by atoms with Crippen molar-refractivity contribution in [3.63, 3.8) is 0 Å². The van der Waals surface area contributed by atoms with Crippen LogP contribution in [0.4, 0.5) is 0 Å². The lowest BCUT2D eigenvalue weighted by atomic mass is 10.2. The largest absolute Gasteiger partial charge is 0.497 e. The summed E-state index contributed by atoms with van der Waals surface area (Å²) in [6.07, 6.45) is 1.83. The third-order valence-corrected chi connectivity index (χ3v) is 2.70. The fourth-order valence-electron chi connectivity index (χ4n) is 1.33. The van der Waals surface area contributed by atoms with Crippen LogP contribution in [0.25, 0.3) is 6.08 Å². The van der Waals surface area contributed by atoms with Crippen molar-refractivity contribution in [3.8, 4) is 5.75 Å². The number of hydrogen-bond donors (Lipinski definition) is 0. The minimum Gasteiger partial charge on any atom is -0.497 e. The Balaban J connectivity index is 0.000000200. The van der Waals surface area contributed by atoms with E-state index in [1.165, 1.54) is 5.56 Å². The van der Waals surface area contributed by atoms with Gasteiger partial charge >= 0.3 is 0 Å². The van der Waals surface area contributed by atoms with Crippen LogP contribution >= 0.6 is 0 Å². The van der Waals surface area contributed by atoms with Crippen LogP contribution in [0.1, 0.15) is 11.1 Å². The highest BCUT2D eigenvalue weighted by molar-refractivity contribution is 7.65. The van der Waals surface area contributed by atoms with E-state index in [4.69, 9.17) is 4.74 Å². The molecule has 98 valence electrons. The highest BCUT2D eigenvalue weighted by Gasteiger charge is 1.88. The topological polar surface area (TPSA) is 26.3 Å². The van der Waals surface area contributed by atoms with Crippen LogP contribution in [-0.4, -0.2) is 16.7 Å². The molecule has 0 aliphatic heterocycles. The van der Waals surface area contributed by atoms with E-state index in [2.05, 4.69) is 6.58 Å². The molecule has 0 saturated heterocycles. The molecule has 0 aromatic heterocycles. The van der Waals surface area contributed by atoms with Gasteiger partial charge in [0, 0.05) is 5.37 Å². The molecular weight excluding hydrogens is 256 g/mol. The van der Waals surface area contributed by atoms with Crippen molar-refractivity contribution in [2.75, 3.05) is 7.11 Å². The van der Waals surface area contributed by atoms with E-state index in [1.54, 1.807) is 12.5 Å². The summed E-state index contributed by atoms with van der Waals surface area (Å²) in [5.74, 6) is 0.804. The molecule has 19 heavy (non-hydrogen) atoms. The summed E-state index contributed by atoms with van der Waals surface area (Å²) in [5.41, 5.74) is 2.08. The Kier molecular flexibility index (Phi) is 6.98. The predicted molar refractivity (Wildman–Crippen MR) is 82.8 cm³/mol. The SMILES string of the molecule is C=Cc1ccccc1.COc1ccc(C=S=O)cc1. The zero-order valence-electron chi connectivity index (χ0n) is 10.8. The second-order valence-electron chi connectivity index (χ2n) is 3.60. The van der Waals surface area contributed by atoms with Crippen molar-refractivity contribution in [2.24, 2.45) is 0 Å². The van der Waals surface area contributed by atoms with Gasteiger partial charge in [0.05, 0.1) is 18.4 Å². The van der Waals surface area contributed by atoms with E-state index in [-0.39, 0.29) is 0 Å². The summed E-state index contributed by atoms with van der Waals surface area (Å²) < 4.78 is 15.0. The highest BCUT2D eigenvalue weighted by Crippen LogP contribution is 2.09. The summed E-state index contributed by atoms with van der Waals surface area (Å²) in [5, 5.41) is 1.54. The molecule has 0 fully saturated rings. The van der Waals surface area contributed by atoms with E-state index in [0.717, 1.165) is 11.3 Å². The monoisotopic (exact) mass is 272 g/mol. The van der Waals surface area contributed by atoms with Gasteiger partial charge in [-0.25, -0.2) is 4.21 Å². The Bertz CT molecular complexity index is 541. The molecule has 0 aliphatic carbocycles. The van der Waals surface area contributed by atoms with E-state index in [1.807, 2.05) is 60.7 Å². The number of hydrogen-bond acceptors (Lipinski definition) is 2. The number of ether oxygens (including phenoxy) is 1. The van der Waals surface area contributed by atoms with Crippen LogP contribution in [-0.2, 0) is 11.3 Å². The molecule has 3 heteroatoms. The minimum atomic E-state index is 0.452. The average Bonchev–Trinajstić information content (AvgIpc) is 2.50. The molecule has 2 nitrogen and oxygen atoms in total. The molecule has 0 amide bonds. The van der Waals surface area contributed by atoms with Crippen LogP contribution < -0.4 is 4.74 Å². The van der Waals surface area contributed by atoms with Crippen molar-refractivity contribution < 1.29 is 8.95 Å². The smallest absolute Gasteiger partial charge is 0.118 e. The van der Waals surface area contributed by atoms with Crippen molar-refractivity contribution in [2.45, 2.75) is 0 Å². The molecule has 0 heterocycles. The van der Waals surface area contributed by atoms with Crippen LogP contribution in [0.3, 0.4) is 0 Å². The Hall–Kier alpha value is -2.13. The molecule has 2 aromatic rings. The van der Waals surface area contributed by atoms with Crippen LogP contribution in [0, 0.1) is 0 Å². The molecule has 0 bridgehead atoms. The quantitative estimate of drug-likeness (QED) is 0.801. The van der Waals surface area contributed by atoms with Crippen molar-refractivity contribution >= 4 is 22.7 Å². The lowest BCUT2D eigenvalue weighted by Crippen LogP contribution is -1.83. The van der Waals surface area contributed by atoms with Gasteiger partial charge in [0.2, 0.25) is 0 Å². The zero-order valence-corrected chi connectivity index (χ0v) is 11.6. The molecule has 0 aliphatic rings. The molecule has 0 saturated carbocycles. The van der Waals surface area contributed by atoms with Gasteiger partial charge in [0.15, 0.2) is 0 Å². The molecule has 2 rings (SSSR count). The maximum absolute atomic E-state index is 10.1. The van der Waals surface area contributed by atoms with Gasteiger partial charge in [0.25, 0.3) is 0 Å². The van der Waals surface area contributed by atoms with Gasteiger partial charge in [-0.1, -0.05) is 55.1 Å². The predicted octanol–water partition coefficient (Wildman–Crippen LogP) is 3.39. The van der Waals surface area contributed by atoms with Crippen LogP contribution in [0.15, 0.2) is 61.2 Å². The lowest BCUT2D eigenvalue weighted by molar-refractivity contribution is 0.415. The van der Waals surface area contributed by atoms with Crippen LogP contribution in [0.2, 0.25) is 0 Å². The Labute approximate surface area is 117 Å². The average molecular weight is 272 g/mol. The summed E-state index contributed by atoms with van der Waals surface area (Å²) in [4.78, 5) is 0. The standard InChI is InChI=1S/C8H8O2S.C8H8/c1-10-8-4-2-7(3-5-8)6-11-9;1-2-8-6-4-3-5-7-8/h2-6H,1H3;2-7H,1H2. The fraction of sp³-hybridized carbons (Fsp3) is 0.0625. The highest BCUT2D eigenvalue weighted by atomic mass is 32.1. The van der Waals surface area contributed by atoms with Crippen molar-refractivity contribution in [1.82, 2.24) is 0 Å². The molecule has 0 atom stereocenters. The van der Waals surface area contributed by atoms with E-state index in [9.17, 15) is 4.21 Å². The third-order valence-electron chi connectivity index (χ3n) is 2.34. The first-order valence-corrected chi connectivity index (χ1v) is 6.54. The fourth-order valence-corrected chi connectivity index (χ4v) is 1.60. The summed E-state index contributed by atoms with van der Waals surface area (Å²) in [6.45, 7) is 3.63. The van der Waals surface area contributed by atoms with Gasteiger partial charge in [-0.3, -0.25) is 0 Å². The Morgan fingerprint density at radius 1 is 1.00 bits per heavy atom. The Morgan fingerprint density at radius 2 is 1.63 bits per heavy atom. The number of methoxy groups -OCH3 is 1. The van der Waals surface area contributed by atoms with Gasteiger partial charge in [-0.05, 0) is 23.3 Å². The van der Waals surface area contributed by atoms with Gasteiger partial charge in [-0.15, -0.1) is 0 Å². The molecule has 2 aromatic carbocycles. The summed E-state index contributed by atoms with van der Waals surface area (Å²) in [7, 11) is 1.61. The number of rotatable bonds is 3. The zero-order chi connectivity index (χ0) is 13.9. The normalized spacial score (nSPS) is 8.68. The first-order chi connectivity index (χ1) is 9.30. The number of benzene rings is 2. The van der Waals surface area contributed by atoms with E-state index in [0.29, 0.717) is 11.3 Å². The van der Waals surface area contributed by atoms with Crippen LogP contribution in [0.5, 0.6) is 5.75 Å². The summed E-state index contributed by atoms with van der Waals surface area (Å²) in [6, 6.07) is 17.3. The molecule has 0 unspecified atom stereocenters. The van der Waals surface area contributed by atoms with Gasteiger partial charge in [-0.2, -0.15) is 0 Å². The van der Waals surface area contributed by atoms with Gasteiger partial charge in [0.1, 0.15) is 5.75 Å². The molecular formula is C16H16O2S. The van der Waals surface area contributed by atoms with E-state index < -0.39 is 0 Å². The Morgan fingerprint density at radius 3 is 2.05 bits per heavy atom. The second-order valence-corrected chi connectivity index (χ2v) is 4.03. The molecule has 0 N–H and O–H groups in total. The lowest BCUT2D eigenvalue weighted by Gasteiger charge is -1.97. The molecule has 0 radical (unpaired) electrons. The maximum atomic E-state index is 10.1. The van der Waals surface area contributed by atoms with E-state index >= 15 is 0 Å². The summed E-state index contributed by atoms with van der Waals surface area (Å²) >= 11 is 0.452. The third kappa shape index (κ3) is 5.84. The first kappa shape index (κ1) is 14.9. The van der Waals surface area contributed by atoms with Crippen molar-refractivity contribution in [1.29, 1.82) is 0 Å². The van der Waals surface area contributed by atoms with Gasteiger partial charge < -0.3 is 4.74 Å². The minimum absolute atomic E-state index is 0.452. The second kappa shape index (κ2) is 8.89.